The van der Waals surface area contributed by atoms with Crippen LogP contribution in [0.15, 0.2) is 0 Å². The highest BCUT2D eigenvalue weighted by Crippen LogP contribution is 2.41. The zero-order valence-electron chi connectivity index (χ0n) is 9.88. The van der Waals surface area contributed by atoms with Crippen molar-refractivity contribution in [2.24, 2.45) is 0 Å². The topological polar surface area (TPSA) is 38.9 Å². The summed E-state index contributed by atoms with van der Waals surface area (Å²) >= 11 is 1.89. The number of rotatable bonds is 0. The number of anilines is 1. The number of nitrogens with zero attached hydrogens (tertiary/aromatic N) is 1. The van der Waals surface area contributed by atoms with Crippen LogP contribution in [0.1, 0.15) is 41.0 Å². The fourth-order valence-electron chi connectivity index (χ4n) is 3.32. The van der Waals surface area contributed by atoms with Crippen LogP contribution in [0.5, 0.6) is 0 Å². The molecule has 2 aliphatic rings. The molecule has 2 aromatic rings. The van der Waals surface area contributed by atoms with E-state index in [4.69, 9.17) is 10.7 Å². The van der Waals surface area contributed by atoms with Gasteiger partial charge >= 0.3 is 0 Å². The average Bonchev–Trinajstić information content (AvgIpc) is 2.92. The van der Waals surface area contributed by atoms with Gasteiger partial charge in [-0.15, -0.1) is 11.3 Å². The molecule has 2 heterocycles. The fourth-order valence-corrected chi connectivity index (χ4v) is 4.62. The van der Waals surface area contributed by atoms with Gasteiger partial charge in [-0.05, 0) is 56.1 Å². The Bertz CT molecular complexity index is 612. The predicted octanol–water partition coefficient (Wildman–Crippen LogP) is 3.25. The number of aromatic nitrogens is 1. The molecule has 2 aromatic heterocycles. The van der Waals surface area contributed by atoms with Crippen LogP contribution in [0.3, 0.4) is 0 Å². The van der Waals surface area contributed by atoms with E-state index in [0.717, 1.165) is 18.5 Å². The van der Waals surface area contributed by atoms with E-state index in [1.165, 1.54) is 59.1 Å². The monoisotopic (exact) mass is 244 g/mol. The number of pyridine rings is 1. The Balaban J connectivity index is 2.08. The Morgan fingerprint density at radius 3 is 2.71 bits per heavy atom. The largest absolute Gasteiger partial charge is 0.398 e. The van der Waals surface area contributed by atoms with Crippen molar-refractivity contribution >= 4 is 27.2 Å². The van der Waals surface area contributed by atoms with Crippen LogP contribution < -0.4 is 5.73 Å². The zero-order chi connectivity index (χ0) is 11.4. The molecule has 0 radical (unpaired) electrons. The smallest absolute Gasteiger partial charge is 0.126 e. The second-order valence-corrected chi connectivity index (χ2v) is 6.28. The van der Waals surface area contributed by atoms with Crippen LogP contribution in [0, 0.1) is 0 Å². The summed E-state index contributed by atoms with van der Waals surface area (Å²) in [6.07, 6.45) is 8.58. The van der Waals surface area contributed by atoms with Crippen LogP contribution in [0.4, 0.5) is 5.69 Å². The third-order valence-electron chi connectivity index (χ3n) is 4.17. The maximum atomic E-state index is 6.41. The second kappa shape index (κ2) is 3.45. The first-order valence-corrected chi connectivity index (χ1v) is 7.37. The molecule has 0 atom stereocenters. The number of thiophene rings is 1. The number of hydrogen-bond donors (Lipinski definition) is 1. The van der Waals surface area contributed by atoms with E-state index in [0.29, 0.717) is 0 Å². The van der Waals surface area contributed by atoms with E-state index >= 15 is 0 Å². The minimum absolute atomic E-state index is 1.06. The number of aryl methyl sites for hydroxylation is 3. The van der Waals surface area contributed by atoms with Crippen LogP contribution in [0.2, 0.25) is 0 Å². The molecule has 0 aliphatic heterocycles. The molecule has 2 nitrogen and oxygen atoms in total. The zero-order valence-corrected chi connectivity index (χ0v) is 10.7. The SMILES string of the molecule is Nc1c2c(nc3sc4c(c13)CCCC4)CCC2. The third kappa shape index (κ3) is 1.29. The molecule has 0 aromatic carbocycles. The summed E-state index contributed by atoms with van der Waals surface area (Å²) in [4.78, 5) is 7.61. The van der Waals surface area contributed by atoms with Crippen LogP contribution in [-0.2, 0) is 25.7 Å². The van der Waals surface area contributed by atoms with Gasteiger partial charge in [-0.25, -0.2) is 4.98 Å². The van der Waals surface area contributed by atoms with Crippen LogP contribution in [-0.4, -0.2) is 4.98 Å². The molecular weight excluding hydrogens is 228 g/mol. The van der Waals surface area contributed by atoms with E-state index in [-0.39, 0.29) is 0 Å². The van der Waals surface area contributed by atoms with Gasteiger partial charge in [0.2, 0.25) is 0 Å². The lowest BCUT2D eigenvalue weighted by Crippen LogP contribution is -2.01. The molecule has 0 spiro atoms. The van der Waals surface area contributed by atoms with Crippen molar-refractivity contribution in [3.8, 4) is 0 Å². The number of hydrogen-bond acceptors (Lipinski definition) is 3. The van der Waals surface area contributed by atoms with Crippen molar-refractivity contribution in [3.63, 3.8) is 0 Å². The summed E-state index contributed by atoms with van der Waals surface area (Å²) < 4.78 is 0. The Hall–Kier alpha value is -1.09. The number of fused-ring (bicyclic) bond motifs is 4. The van der Waals surface area contributed by atoms with Gasteiger partial charge in [0.1, 0.15) is 4.83 Å². The molecule has 2 aliphatic carbocycles. The lowest BCUT2D eigenvalue weighted by Gasteiger charge is -2.12. The molecule has 0 fully saturated rings. The highest BCUT2D eigenvalue weighted by molar-refractivity contribution is 7.19. The Morgan fingerprint density at radius 2 is 1.76 bits per heavy atom. The molecule has 2 N–H and O–H groups in total. The maximum absolute atomic E-state index is 6.41. The van der Waals surface area contributed by atoms with Crippen molar-refractivity contribution in [2.75, 3.05) is 5.73 Å². The van der Waals surface area contributed by atoms with Gasteiger partial charge in [0.15, 0.2) is 0 Å². The van der Waals surface area contributed by atoms with E-state index < -0.39 is 0 Å². The van der Waals surface area contributed by atoms with Gasteiger partial charge < -0.3 is 5.73 Å². The molecule has 0 amide bonds. The van der Waals surface area contributed by atoms with Crippen molar-refractivity contribution in [3.05, 3.63) is 21.7 Å². The summed E-state index contributed by atoms with van der Waals surface area (Å²) in [6.45, 7) is 0. The van der Waals surface area contributed by atoms with Gasteiger partial charge in [-0.2, -0.15) is 0 Å². The minimum Gasteiger partial charge on any atom is -0.398 e. The minimum atomic E-state index is 1.06. The van der Waals surface area contributed by atoms with Gasteiger partial charge in [0.25, 0.3) is 0 Å². The van der Waals surface area contributed by atoms with Gasteiger partial charge in [0.05, 0.1) is 0 Å². The summed E-state index contributed by atoms with van der Waals surface area (Å²) in [5, 5.41) is 1.31. The van der Waals surface area contributed by atoms with Crippen LogP contribution >= 0.6 is 11.3 Å². The molecular formula is C14H16N2S. The van der Waals surface area contributed by atoms with Crippen molar-refractivity contribution in [1.82, 2.24) is 4.98 Å². The highest BCUT2D eigenvalue weighted by Gasteiger charge is 2.24. The first-order chi connectivity index (χ1) is 8.34. The Morgan fingerprint density at radius 1 is 0.941 bits per heavy atom. The maximum Gasteiger partial charge on any atom is 0.126 e. The number of nitrogen functional groups attached to an aromatic ring is 1. The van der Waals surface area contributed by atoms with E-state index in [1.54, 1.807) is 4.88 Å². The van der Waals surface area contributed by atoms with Crippen molar-refractivity contribution in [1.29, 1.82) is 0 Å². The van der Waals surface area contributed by atoms with Crippen molar-refractivity contribution < 1.29 is 0 Å². The fraction of sp³-hybridized carbons (Fsp3) is 0.500. The lowest BCUT2D eigenvalue weighted by molar-refractivity contribution is 0.700. The standard InChI is InChI=1S/C14H16N2S/c15-13-8-5-3-6-10(8)16-14-12(13)9-4-1-2-7-11(9)17-14/h1-7H2,(H2,15,16). The molecule has 3 heteroatoms. The van der Waals surface area contributed by atoms with Gasteiger partial charge in [-0.3, -0.25) is 0 Å². The highest BCUT2D eigenvalue weighted by atomic mass is 32.1. The van der Waals surface area contributed by atoms with Crippen LogP contribution in [0.25, 0.3) is 10.2 Å². The molecule has 0 saturated carbocycles. The van der Waals surface area contributed by atoms with E-state index in [1.807, 2.05) is 11.3 Å². The van der Waals surface area contributed by atoms with Gasteiger partial charge in [-0.1, -0.05) is 0 Å². The normalized spacial score (nSPS) is 18.4. The molecule has 88 valence electrons. The second-order valence-electron chi connectivity index (χ2n) is 5.20. The average molecular weight is 244 g/mol. The summed E-state index contributed by atoms with van der Waals surface area (Å²) in [6, 6.07) is 0. The third-order valence-corrected chi connectivity index (χ3v) is 5.36. The first kappa shape index (κ1) is 9.89. The first-order valence-electron chi connectivity index (χ1n) is 6.56. The molecule has 0 bridgehead atoms. The number of nitrogens with two attached hydrogens (primary N) is 1. The van der Waals surface area contributed by atoms with E-state index in [9.17, 15) is 0 Å². The molecule has 17 heavy (non-hydrogen) atoms. The van der Waals surface area contributed by atoms with Crippen molar-refractivity contribution in [2.45, 2.75) is 44.9 Å². The molecule has 0 unspecified atom stereocenters. The summed E-state index contributed by atoms with van der Waals surface area (Å²) in [5.74, 6) is 0. The summed E-state index contributed by atoms with van der Waals surface area (Å²) in [5.41, 5.74) is 11.6. The molecule has 0 saturated heterocycles. The van der Waals surface area contributed by atoms with Gasteiger partial charge in [0, 0.05) is 21.6 Å². The predicted molar refractivity (Wildman–Crippen MR) is 72.7 cm³/mol. The summed E-state index contributed by atoms with van der Waals surface area (Å²) in [7, 11) is 0. The molecule has 4 rings (SSSR count). The van der Waals surface area contributed by atoms with E-state index in [2.05, 4.69) is 0 Å². The lowest BCUT2D eigenvalue weighted by atomic mass is 9.95. The Labute approximate surface area is 105 Å². The quantitative estimate of drug-likeness (QED) is 0.772. The Kier molecular flexibility index (Phi) is 2.01.